The fourth-order valence-electron chi connectivity index (χ4n) is 3.35. The van der Waals surface area contributed by atoms with Crippen molar-refractivity contribution in [3.63, 3.8) is 0 Å². The van der Waals surface area contributed by atoms with Gasteiger partial charge in [0.05, 0.1) is 6.61 Å². The molecule has 3 rings (SSSR count). The third-order valence-corrected chi connectivity index (χ3v) is 4.11. The molecule has 14 heavy (non-hydrogen) atoms. The largest absolute Gasteiger partial charge is 0.495 e. The summed E-state index contributed by atoms with van der Waals surface area (Å²) < 4.78 is 5.43. The summed E-state index contributed by atoms with van der Waals surface area (Å²) in [4.78, 5) is 0. The van der Waals surface area contributed by atoms with E-state index in [0.29, 0.717) is 5.92 Å². The Morgan fingerprint density at radius 3 is 2.57 bits per heavy atom. The zero-order valence-corrected chi connectivity index (χ0v) is 8.48. The van der Waals surface area contributed by atoms with Crippen molar-refractivity contribution in [2.75, 3.05) is 6.61 Å². The van der Waals surface area contributed by atoms with Crippen LogP contribution in [-0.2, 0) is 4.74 Å². The van der Waals surface area contributed by atoms with Gasteiger partial charge >= 0.3 is 0 Å². The number of rotatable bonds is 2. The Hall–Kier alpha value is -0.500. The summed E-state index contributed by atoms with van der Waals surface area (Å²) in [7, 11) is 0. The SMILES string of the molecule is OC(C1=CCCO1)C1C2CCCCC21. The summed E-state index contributed by atoms with van der Waals surface area (Å²) in [5, 5.41) is 10.1. The van der Waals surface area contributed by atoms with Crippen LogP contribution >= 0.6 is 0 Å². The molecule has 1 N–H and O–H groups in total. The smallest absolute Gasteiger partial charge is 0.121 e. The van der Waals surface area contributed by atoms with Crippen molar-refractivity contribution in [3.8, 4) is 0 Å². The van der Waals surface area contributed by atoms with Crippen molar-refractivity contribution >= 4 is 0 Å². The second kappa shape index (κ2) is 3.27. The molecule has 2 saturated carbocycles. The van der Waals surface area contributed by atoms with Gasteiger partial charge in [-0.25, -0.2) is 0 Å². The predicted molar refractivity (Wildman–Crippen MR) is 53.6 cm³/mol. The molecule has 0 spiro atoms. The van der Waals surface area contributed by atoms with Crippen LogP contribution in [-0.4, -0.2) is 17.8 Å². The Morgan fingerprint density at radius 2 is 2.00 bits per heavy atom. The van der Waals surface area contributed by atoms with Gasteiger partial charge in [0.1, 0.15) is 11.9 Å². The van der Waals surface area contributed by atoms with Crippen molar-refractivity contribution in [2.45, 2.75) is 38.2 Å². The van der Waals surface area contributed by atoms with Crippen LogP contribution in [0.5, 0.6) is 0 Å². The monoisotopic (exact) mass is 194 g/mol. The lowest BCUT2D eigenvalue weighted by atomic mass is 10.0. The number of hydrogen-bond donors (Lipinski definition) is 1. The zero-order chi connectivity index (χ0) is 9.54. The molecule has 3 unspecified atom stereocenters. The van der Waals surface area contributed by atoms with Gasteiger partial charge in [0, 0.05) is 6.42 Å². The summed E-state index contributed by atoms with van der Waals surface area (Å²) in [6, 6.07) is 0. The molecule has 0 aromatic rings. The van der Waals surface area contributed by atoms with Gasteiger partial charge < -0.3 is 9.84 Å². The van der Waals surface area contributed by atoms with E-state index in [-0.39, 0.29) is 6.10 Å². The molecule has 0 saturated heterocycles. The number of fused-ring (bicyclic) bond motifs is 1. The summed E-state index contributed by atoms with van der Waals surface area (Å²) in [6.45, 7) is 0.772. The van der Waals surface area contributed by atoms with Crippen LogP contribution in [0, 0.1) is 17.8 Å². The second-order valence-electron chi connectivity index (χ2n) is 4.88. The first-order valence-electron chi connectivity index (χ1n) is 5.89. The molecule has 2 heteroatoms. The molecule has 1 aliphatic heterocycles. The Morgan fingerprint density at radius 1 is 1.29 bits per heavy atom. The first-order chi connectivity index (χ1) is 6.88. The maximum atomic E-state index is 10.1. The Kier molecular flexibility index (Phi) is 2.05. The molecule has 2 fully saturated rings. The van der Waals surface area contributed by atoms with Gasteiger partial charge in [-0.05, 0) is 36.7 Å². The van der Waals surface area contributed by atoms with E-state index in [1.54, 1.807) is 0 Å². The van der Waals surface area contributed by atoms with Gasteiger partial charge in [0.25, 0.3) is 0 Å². The first-order valence-corrected chi connectivity index (χ1v) is 5.89. The van der Waals surface area contributed by atoms with Gasteiger partial charge in [0.2, 0.25) is 0 Å². The Labute approximate surface area is 85.0 Å². The molecule has 0 bridgehead atoms. The minimum Gasteiger partial charge on any atom is -0.495 e. The third kappa shape index (κ3) is 1.28. The highest BCUT2D eigenvalue weighted by atomic mass is 16.5. The van der Waals surface area contributed by atoms with E-state index < -0.39 is 0 Å². The fourth-order valence-corrected chi connectivity index (χ4v) is 3.35. The van der Waals surface area contributed by atoms with E-state index in [0.717, 1.165) is 30.6 Å². The van der Waals surface area contributed by atoms with Crippen molar-refractivity contribution in [2.24, 2.45) is 17.8 Å². The molecule has 2 aliphatic carbocycles. The normalized spacial score (nSPS) is 42.4. The van der Waals surface area contributed by atoms with Crippen molar-refractivity contribution < 1.29 is 9.84 Å². The summed E-state index contributed by atoms with van der Waals surface area (Å²) in [5.41, 5.74) is 0. The average Bonchev–Trinajstić information content (AvgIpc) is 2.70. The van der Waals surface area contributed by atoms with Crippen LogP contribution in [0.2, 0.25) is 0 Å². The summed E-state index contributed by atoms with van der Waals surface area (Å²) in [6.07, 6.45) is 8.16. The van der Waals surface area contributed by atoms with Gasteiger partial charge in [0.15, 0.2) is 0 Å². The lowest BCUT2D eigenvalue weighted by molar-refractivity contribution is 0.0960. The first kappa shape index (κ1) is 8.78. The van der Waals surface area contributed by atoms with E-state index >= 15 is 0 Å². The molecule has 2 nitrogen and oxygen atoms in total. The molecule has 3 aliphatic rings. The van der Waals surface area contributed by atoms with Crippen LogP contribution < -0.4 is 0 Å². The zero-order valence-electron chi connectivity index (χ0n) is 8.48. The lowest BCUT2D eigenvalue weighted by Crippen LogP contribution is -2.15. The molecule has 0 radical (unpaired) electrons. The number of hydrogen-bond acceptors (Lipinski definition) is 2. The van der Waals surface area contributed by atoms with Gasteiger partial charge in [-0.2, -0.15) is 0 Å². The fraction of sp³-hybridized carbons (Fsp3) is 0.833. The molecule has 0 amide bonds. The molecular weight excluding hydrogens is 176 g/mol. The molecule has 1 heterocycles. The Balaban J connectivity index is 1.66. The highest BCUT2D eigenvalue weighted by Gasteiger charge is 2.55. The lowest BCUT2D eigenvalue weighted by Gasteiger charge is -2.11. The molecular formula is C12H18O2. The standard InChI is InChI=1S/C12H18O2/c13-12(10-6-3-7-14-10)11-8-4-1-2-5-9(8)11/h6,8-9,11-13H,1-5,7H2. The van der Waals surface area contributed by atoms with Crippen LogP contribution in [0.1, 0.15) is 32.1 Å². The summed E-state index contributed by atoms with van der Waals surface area (Å²) in [5.74, 6) is 3.01. The predicted octanol–water partition coefficient (Wildman–Crippen LogP) is 2.09. The van der Waals surface area contributed by atoms with E-state index in [9.17, 15) is 5.11 Å². The minimum atomic E-state index is -0.286. The van der Waals surface area contributed by atoms with Crippen LogP contribution in [0.3, 0.4) is 0 Å². The Bertz CT molecular complexity index is 247. The highest BCUT2D eigenvalue weighted by Crippen LogP contribution is 2.58. The van der Waals surface area contributed by atoms with Crippen LogP contribution in [0.4, 0.5) is 0 Å². The maximum Gasteiger partial charge on any atom is 0.121 e. The van der Waals surface area contributed by atoms with E-state index in [4.69, 9.17) is 4.74 Å². The van der Waals surface area contributed by atoms with Crippen molar-refractivity contribution in [1.82, 2.24) is 0 Å². The summed E-state index contributed by atoms with van der Waals surface area (Å²) >= 11 is 0. The van der Waals surface area contributed by atoms with Crippen LogP contribution in [0.15, 0.2) is 11.8 Å². The molecule has 78 valence electrons. The van der Waals surface area contributed by atoms with Gasteiger partial charge in [-0.1, -0.05) is 12.8 Å². The highest BCUT2D eigenvalue weighted by molar-refractivity contribution is 5.14. The second-order valence-corrected chi connectivity index (χ2v) is 4.88. The molecule has 0 aromatic heterocycles. The van der Waals surface area contributed by atoms with E-state index in [2.05, 4.69) is 6.08 Å². The van der Waals surface area contributed by atoms with E-state index in [1.165, 1.54) is 25.7 Å². The van der Waals surface area contributed by atoms with E-state index in [1.807, 2.05) is 0 Å². The van der Waals surface area contributed by atoms with Gasteiger partial charge in [-0.15, -0.1) is 0 Å². The minimum absolute atomic E-state index is 0.286. The van der Waals surface area contributed by atoms with Gasteiger partial charge in [-0.3, -0.25) is 0 Å². The number of aliphatic hydroxyl groups is 1. The number of aliphatic hydroxyl groups excluding tert-OH is 1. The number of ether oxygens (including phenoxy) is 1. The molecule has 0 aromatic carbocycles. The molecule has 3 atom stereocenters. The quantitative estimate of drug-likeness (QED) is 0.729. The topological polar surface area (TPSA) is 29.5 Å². The van der Waals surface area contributed by atoms with Crippen LogP contribution in [0.25, 0.3) is 0 Å². The average molecular weight is 194 g/mol. The van der Waals surface area contributed by atoms with Crippen molar-refractivity contribution in [1.29, 1.82) is 0 Å². The third-order valence-electron chi connectivity index (χ3n) is 4.11. The maximum absolute atomic E-state index is 10.1. The van der Waals surface area contributed by atoms with Crippen molar-refractivity contribution in [3.05, 3.63) is 11.8 Å².